The minimum absolute atomic E-state index is 0.318. The van der Waals surface area contributed by atoms with Crippen molar-refractivity contribution in [1.29, 1.82) is 0 Å². The second-order valence-corrected chi connectivity index (χ2v) is 2.40. The highest BCUT2D eigenvalue weighted by atomic mass is 32.2. The summed E-state index contributed by atoms with van der Waals surface area (Å²) in [6.07, 6.45) is 0. The molecule has 0 unspecified atom stereocenters. The SMILES string of the molecule is CC.CCNC(=O)SC(=O)NC. The Labute approximate surface area is 77.5 Å². The molecule has 0 rings (SSSR count). The van der Waals surface area contributed by atoms with E-state index in [9.17, 15) is 9.59 Å². The van der Waals surface area contributed by atoms with E-state index in [1.54, 1.807) is 6.92 Å². The lowest BCUT2D eigenvalue weighted by atomic mass is 10.8. The number of thioether (sulfide) groups is 1. The van der Waals surface area contributed by atoms with E-state index in [4.69, 9.17) is 0 Å². The molecule has 12 heavy (non-hydrogen) atoms. The molecule has 0 atom stereocenters. The molecule has 0 radical (unpaired) electrons. The van der Waals surface area contributed by atoms with Gasteiger partial charge in [0.05, 0.1) is 0 Å². The van der Waals surface area contributed by atoms with E-state index >= 15 is 0 Å². The van der Waals surface area contributed by atoms with Crippen LogP contribution in [0, 0.1) is 0 Å². The Morgan fingerprint density at radius 3 is 2.08 bits per heavy atom. The summed E-state index contributed by atoms with van der Waals surface area (Å²) >= 11 is 0.624. The van der Waals surface area contributed by atoms with Crippen molar-refractivity contribution in [3.05, 3.63) is 0 Å². The summed E-state index contributed by atoms with van der Waals surface area (Å²) < 4.78 is 0. The first-order chi connectivity index (χ1) is 5.70. The van der Waals surface area contributed by atoms with Gasteiger partial charge in [0.1, 0.15) is 0 Å². The van der Waals surface area contributed by atoms with Gasteiger partial charge in [-0.15, -0.1) is 0 Å². The smallest absolute Gasteiger partial charge is 0.288 e. The molecule has 0 heterocycles. The molecule has 72 valence electrons. The fourth-order valence-corrected chi connectivity index (χ4v) is 0.803. The highest BCUT2D eigenvalue weighted by Gasteiger charge is 2.05. The van der Waals surface area contributed by atoms with Crippen molar-refractivity contribution in [3.63, 3.8) is 0 Å². The molecule has 0 aromatic carbocycles. The standard InChI is InChI=1S/C5H10N2O2S.C2H6/c1-3-7-5(9)10-4(8)6-2;1-2/h3H2,1-2H3,(H,6,8)(H,7,9);1-2H3. The zero-order chi connectivity index (χ0) is 9.98. The normalized spacial score (nSPS) is 7.67. The molecule has 0 aromatic rings. The molecule has 0 aromatic heterocycles. The first-order valence-electron chi connectivity index (χ1n) is 3.88. The molecule has 0 spiro atoms. The van der Waals surface area contributed by atoms with E-state index in [-0.39, 0.29) is 10.5 Å². The van der Waals surface area contributed by atoms with Crippen molar-refractivity contribution < 1.29 is 9.59 Å². The second-order valence-electron chi connectivity index (χ2n) is 1.46. The van der Waals surface area contributed by atoms with Crippen molar-refractivity contribution in [2.45, 2.75) is 20.8 Å². The number of rotatable bonds is 1. The maximum Gasteiger partial charge on any atom is 0.288 e. The minimum Gasteiger partial charge on any atom is -0.350 e. The van der Waals surface area contributed by atoms with E-state index < -0.39 is 0 Å². The van der Waals surface area contributed by atoms with E-state index in [0.29, 0.717) is 18.3 Å². The molecular weight excluding hydrogens is 176 g/mol. The number of amides is 2. The van der Waals surface area contributed by atoms with Crippen LogP contribution in [0.4, 0.5) is 9.59 Å². The minimum atomic E-state index is -0.342. The first-order valence-corrected chi connectivity index (χ1v) is 4.69. The molecule has 0 aliphatic carbocycles. The molecule has 2 amide bonds. The molecule has 0 saturated heterocycles. The Balaban J connectivity index is 0. The molecular formula is C7H16N2O2S. The van der Waals surface area contributed by atoms with Crippen LogP contribution in [0.25, 0.3) is 0 Å². The number of carbonyl (C=O) groups excluding carboxylic acids is 2. The van der Waals surface area contributed by atoms with Crippen LogP contribution >= 0.6 is 11.8 Å². The van der Waals surface area contributed by atoms with Crippen LogP contribution in [-0.2, 0) is 0 Å². The summed E-state index contributed by atoms with van der Waals surface area (Å²) in [7, 11) is 1.48. The van der Waals surface area contributed by atoms with Gasteiger partial charge in [-0.3, -0.25) is 9.59 Å². The first kappa shape index (κ1) is 13.9. The predicted molar refractivity (Wildman–Crippen MR) is 52.5 cm³/mol. The van der Waals surface area contributed by atoms with Gasteiger partial charge in [-0.25, -0.2) is 0 Å². The third-order valence-electron chi connectivity index (χ3n) is 0.711. The lowest BCUT2D eigenvalue weighted by molar-refractivity contribution is 0.258. The van der Waals surface area contributed by atoms with Crippen LogP contribution in [0.15, 0.2) is 0 Å². The van der Waals surface area contributed by atoms with Gasteiger partial charge >= 0.3 is 0 Å². The Hall–Kier alpha value is -0.710. The zero-order valence-electron chi connectivity index (χ0n) is 7.93. The van der Waals surface area contributed by atoms with Crippen molar-refractivity contribution in [1.82, 2.24) is 10.6 Å². The maximum atomic E-state index is 10.6. The van der Waals surface area contributed by atoms with E-state index in [1.165, 1.54) is 7.05 Å². The highest BCUT2D eigenvalue weighted by Crippen LogP contribution is 2.00. The third-order valence-corrected chi connectivity index (χ3v) is 1.43. The van der Waals surface area contributed by atoms with Gasteiger partial charge in [-0.1, -0.05) is 13.8 Å². The molecule has 0 saturated carbocycles. The van der Waals surface area contributed by atoms with Gasteiger partial charge in [0.2, 0.25) is 0 Å². The monoisotopic (exact) mass is 192 g/mol. The van der Waals surface area contributed by atoms with Gasteiger partial charge in [0, 0.05) is 25.4 Å². The Kier molecular flexibility index (Phi) is 11.9. The quantitative estimate of drug-likeness (QED) is 0.666. The summed E-state index contributed by atoms with van der Waals surface area (Å²) in [4.78, 5) is 21.1. The Morgan fingerprint density at radius 2 is 1.75 bits per heavy atom. The van der Waals surface area contributed by atoms with Gasteiger partial charge in [-0.2, -0.15) is 0 Å². The summed E-state index contributed by atoms with van der Waals surface area (Å²) in [6.45, 7) is 6.34. The molecule has 2 N–H and O–H groups in total. The fraction of sp³-hybridized carbons (Fsp3) is 0.714. The van der Waals surface area contributed by atoms with Gasteiger partial charge in [0.15, 0.2) is 0 Å². The van der Waals surface area contributed by atoms with Crippen LogP contribution in [0.1, 0.15) is 20.8 Å². The highest BCUT2D eigenvalue weighted by molar-refractivity contribution is 8.26. The summed E-state index contributed by atoms with van der Waals surface area (Å²) in [6, 6.07) is 0. The Morgan fingerprint density at radius 1 is 1.25 bits per heavy atom. The molecule has 0 aliphatic rings. The van der Waals surface area contributed by atoms with E-state index in [1.807, 2.05) is 13.8 Å². The average molecular weight is 192 g/mol. The molecule has 4 nitrogen and oxygen atoms in total. The number of hydrogen-bond acceptors (Lipinski definition) is 3. The number of nitrogens with one attached hydrogen (secondary N) is 2. The number of hydrogen-bond donors (Lipinski definition) is 2. The second kappa shape index (κ2) is 10.3. The third kappa shape index (κ3) is 9.29. The van der Waals surface area contributed by atoms with Crippen molar-refractivity contribution >= 4 is 22.2 Å². The van der Waals surface area contributed by atoms with Crippen LogP contribution < -0.4 is 10.6 Å². The van der Waals surface area contributed by atoms with Gasteiger partial charge in [0.25, 0.3) is 10.5 Å². The lowest BCUT2D eigenvalue weighted by Crippen LogP contribution is -2.22. The van der Waals surface area contributed by atoms with Crippen LogP contribution in [-0.4, -0.2) is 24.1 Å². The summed E-state index contributed by atoms with van der Waals surface area (Å²) in [5.74, 6) is 0. The molecule has 0 aliphatic heterocycles. The topological polar surface area (TPSA) is 58.2 Å². The largest absolute Gasteiger partial charge is 0.350 e. The van der Waals surface area contributed by atoms with Crippen molar-refractivity contribution in [3.8, 4) is 0 Å². The molecule has 5 heteroatoms. The van der Waals surface area contributed by atoms with Crippen molar-refractivity contribution in [2.24, 2.45) is 0 Å². The number of carbonyl (C=O) groups is 2. The average Bonchev–Trinajstić information content (AvgIpc) is 2.08. The summed E-state index contributed by atoms with van der Waals surface area (Å²) in [5.41, 5.74) is 0. The van der Waals surface area contributed by atoms with Crippen LogP contribution in [0.2, 0.25) is 0 Å². The van der Waals surface area contributed by atoms with E-state index in [2.05, 4.69) is 10.6 Å². The molecule has 0 fully saturated rings. The zero-order valence-corrected chi connectivity index (χ0v) is 8.75. The van der Waals surface area contributed by atoms with Crippen molar-refractivity contribution in [2.75, 3.05) is 13.6 Å². The van der Waals surface area contributed by atoms with Gasteiger partial charge < -0.3 is 10.6 Å². The fourth-order valence-electron chi connectivity index (χ4n) is 0.316. The Bertz CT molecular complexity index is 139. The predicted octanol–water partition coefficient (Wildman–Crippen LogP) is 1.81. The van der Waals surface area contributed by atoms with Crippen LogP contribution in [0.3, 0.4) is 0 Å². The maximum absolute atomic E-state index is 10.6. The van der Waals surface area contributed by atoms with E-state index in [0.717, 1.165) is 0 Å². The molecule has 0 bridgehead atoms. The summed E-state index contributed by atoms with van der Waals surface area (Å²) in [5, 5.41) is 4.13. The lowest BCUT2D eigenvalue weighted by Gasteiger charge is -1.98. The van der Waals surface area contributed by atoms with Crippen LogP contribution in [0.5, 0.6) is 0 Å². The van der Waals surface area contributed by atoms with Gasteiger partial charge in [-0.05, 0) is 6.92 Å².